The van der Waals surface area contributed by atoms with E-state index in [-0.39, 0.29) is 18.3 Å². The second-order valence-electron chi connectivity index (χ2n) is 20.8. The number of esters is 5. The number of rotatable bonds is 16. The van der Waals surface area contributed by atoms with Crippen molar-refractivity contribution in [2.24, 2.45) is 45.8 Å². The van der Waals surface area contributed by atoms with Crippen LogP contribution >= 0.6 is 0 Å². The van der Waals surface area contributed by atoms with Gasteiger partial charge < -0.3 is 33.9 Å². The van der Waals surface area contributed by atoms with E-state index in [1.165, 1.54) is 0 Å². The minimum absolute atomic E-state index is 0.0524. The lowest BCUT2D eigenvalue weighted by Crippen LogP contribution is -2.60. The van der Waals surface area contributed by atoms with Gasteiger partial charge in [0.2, 0.25) is 0 Å². The van der Waals surface area contributed by atoms with Crippen LogP contribution in [0.15, 0.2) is 0 Å². The maximum Gasteiger partial charge on any atom is 0.425 e. The molecule has 21 heteroatoms. The van der Waals surface area contributed by atoms with Crippen molar-refractivity contribution < 1.29 is 97.4 Å². The molecule has 0 spiro atoms. The molecule has 2 aliphatic carbocycles. The van der Waals surface area contributed by atoms with Gasteiger partial charge in [-0.3, -0.25) is 24.0 Å². The third kappa shape index (κ3) is 14.3. The van der Waals surface area contributed by atoms with Gasteiger partial charge in [-0.05, 0) is 114 Å². The number of aliphatic hydroxyl groups is 2. The SMILES string of the molecule is CCC(C)(C)C(=O)OC(C)(C)C(C)(O)C(F)(F)F.CCC(C)(C)C(=O)OC(CC(C)C)CC(C)(O)C(F)(F)F.CCC(C)(C)C(=O)OC1C2CC3C1OC(=O)C3C2C(=O)OC(C)C(F)(F)F. The second kappa shape index (κ2) is 21.1. The Morgan fingerprint density at radius 1 is 0.682 bits per heavy atom. The maximum absolute atomic E-state index is 12.8. The molecule has 1 heterocycles. The van der Waals surface area contributed by atoms with Crippen LogP contribution in [0.5, 0.6) is 0 Å². The van der Waals surface area contributed by atoms with Crippen LogP contribution in [0.25, 0.3) is 0 Å². The topological polar surface area (TPSA) is 172 Å². The van der Waals surface area contributed by atoms with E-state index < -0.39 is 130 Å². The number of carbonyl (C=O) groups excluding carboxylic acids is 5. The van der Waals surface area contributed by atoms with Crippen molar-refractivity contribution in [1.82, 2.24) is 0 Å². The highest BCUT2D eigenvalue weighted by Crippen LogP contribution is 2.59. The third-order valence-electron chi connectivity index (χ3n) is 13.4. The quantitative estimate of drug-likeness (QED) is 0.0854. The smallest absolute Gasteiger partial charge is 0.425 e. The summed E-state index contributed by atoms with van der Waals surface area (Å²) in [4.78, 5) is 60.9. The van der Waals surface area contributed by atoms with Gasteiger partial charge >= 0.3 is 48.4 Å². The molecule has 10 atom stereocenters. The van der Waals surface area contributed by atoms with Crippen molar-refractivity contribution in [2.75, 3.05) is 0 Å². The number of fused-ring (bicyclic) bond motifs is 1. The number of carbonyl (C=O) groups is 5. The first-order valence-corrected chi connectivity index (χ1v) is 22.0. The van der Waals surface area contributed by atoms with Gasteiger partial charge in [0, 0.05) is 18.3 Å². The zero-order valence-electron chi connectivity index (χ0n) is 40.8. The molecular formula is C45H71F9O12. The Labute approximate surface area is 381 Å². The van der Waals surface area contributed by atoms with E-state index in [0.717, 1.165) is 20.8 Å². The van der Waals surface area contributed by atoms with E-state index in [4.69, 9.17) is 18.9 Å². The third-order valence-corrected chi connectivity index (χ3v) is 13.4. The molecule has 0 radical (unpaired) electrons. The largest absolute Gasteiger partial charge is 0.462 e. The zero-order valence-corrected chi connectivity index (χ0v) is 40.8. The molecule has 2 saturated carbocycles. The van der Waals surface area contributed by atoms with Crippen molar-refractivity contribution in [1.29, 1.82) is 0 Å². The second-order valence-corrected chi connectivity index (χ2v) is 20.8. The van der Waals surface area contributed by atoms with E-state index in [1.54, 1.807) is 48.5 Å². The maximum atomic E-state index is 12.8. The summed E-state index contributed by atoms with van der Waals surface area (Å²) >= 11 is 0. The standard InChI is InChI=1S/C18H23F3O6.C15H27F3O3.C12H21F3O3/c1-5-17(3,4)16(24)27-13-9-6-8-11(15(23)26-12(8)13)10(9)14(22)25-7(2)18(19,20)21;1-7-13(4,5)12(19)21-11(8-10(2)3)9-14(6,20)15(16,17)18;1-7-9(2,3)8(16)18-10(4,5)11(6,17)12(13,14)15/h7-13H,5-6H2,1-4H3;10-11,20H,7-9H2,1-6H3;17H,7H2,1-6H3. The minimum atomic E-state index is -4.88. The monoisotopic (exact) mass is 974 g/mol. The van der Waals surface area contributed by atoms with Crippen LogP contribution in [0.4, 0.5) is 39.5 Å². The molecule has 3 fully saturated rings. The Morgan fingerprint density at radius 3 is 1.55 bits per heavy atom. The van der Waals surface area contributed by atoms with E-state index in [9.17, 15) is 73.7 Å². The Hall–Kier alpha value is -3.36. The fraction of sp³-hybridized carbons (Fsp3) is 0.889. The van der Waals surface area contributed by atoms with E-state index in [0.29, 0.717) is 39.5 Å². The summed E-state index contributed by atoms with van der Waals surface area (Å²) in [5, 5.41) is 19.2. The lowest BCUT2D eigenvalue weighted by Gasteiger charge is -2.41. The van der Waals surface area contributed by atoms with E-state index in [2.05, 4.69) is 4.74 Å². The molecule has 386 valence electrons. The van der Waals surface area contributed by atoms with Crippen molar-refractivity contribution in [3.05, 3.63) is 0 Å². The zero-order chi connectivity index (χ0) is 52.4. The summed E-state index contributed by atoms with van der Waals surface area (Å²) in [7, 11) is 0. The fourth-order valence-electron chi connectivity index (χ4n) is 6.88. The minimum Gasteiger partial charge on any atom is -0.462 e. The first kappa shape index (κ1) is 60.7. The van der Waals surface area contributed by atoms with Gasteiger partial charge in [0.15, 0.2) is 17.3 Å². The number of hydrogen-bond acceptors (Lipinski definition) is 12. The van der Waals surface area contributed by atoms with Crippen LogP contribution in [0, 0.1) is 45.8 Å². The summed E-state index contributed by atoms with van der Waals surface area (Å²) in [6.07, 6.45) is -17.6. The summed E-state index contributed by atoms with van der Waals surface area (Å²) in [6.45, 7) is 23.1. The van der Waals surface area contributed by atoms with Crippen LogP contribution < -0.4 is 0 Å². The van der Waals surface area contributed by atoms with Crippen molar-refractivity contribution in [3.63, 3.8) is 0 Å². The van der Waals surface area contributed by atoms with Crippen molar-refractivity contribution in [2.45, 2.75) is 209 Å². The first-order chi connectivity index (χ1) is 29.3. The van der Waals surface area contributed by atoms with E-state index >= 15 is 0 Å². The molecule has 2 N–H and O–H groups in total. The van der Waals surface area contributed by atoms with Gasteiger partial charge in [-0.25, -0.2) is 0 Å². The van der Waals surface area contributed by atoms with Crippen LogP contribution in [0.2, 0.25) is 0 Å². The van der Waals surface area contributed by atoms with Gasteiger partial charge in [0.1, 0.15) is 23.9 Å². The molecule has 2 bridgehead atoms. The summed E-state index contributed by atoms with van der Waals surface area (Å²) in [6, 6.07) is 0. The fourth-order valence-corrected chi connectivity index (χ4v) is 6.88. The molecule has 0 aromatic carbocycles. The number of halogens is 9. The van der Waals surface area contributed by atoms with Crippen LogP contribution in [0.1, 0.15) is 149 Å². The first-order valence-electron chi connectivity index (χ1n) is 22.0. The molecular weight excluding hydrogens is 903 g/mol. The predicted octanol–water partition coefficient (Wildman–Crippen LogP) is 9.78. The van der Waals surface area contributed by atoms with Crippen molar-refractivity contribution >= 4 is 29.8 Å². The molecule has 3 rings (SSSR count). The van der Waals surface area contributed by atoms with Gasteiger partial charge in [0.05, 0.1) is 28.1 Å². The highest BCUT2D eigenvalue weighted by molar-refractivity contribution is 5.86. The lowest BCUT2D eigenvalue weighted by atomic mass is 9.78. The van der Waals surface area contributed by atoms with Gasteiger partial charge in [-0.2, -0.15) is 39.5 Å². The summed E-state index contributed by atoms with van der Waals surface area (Å²) < 4.78 is 140. The summed E-state index contributed by atoms with van der Waals surface area (Å²) in [5.41, 5.74) is -10.4. The highest BCUT2D eigenvalue weighted by Gasteiger charge is 2.71. The van der Waals surface area contributed by atoms with Gasteiger partial charge in [0.25, 0.3) is 0 Å². The molecule has 1 saturated heterocycles. The molecule has 12 nitrogen and oxygen atoms in total. The molecule has 0 aromatic heterocycles. The molecule has 1 aliphatic heterocycles. The Bertz CT molecular complexity index is 1700. The molecule has 0 amide bonds. The average molecular weight is 975 g/mol. The van der Waals surface area contributed by atoms with E-state index in [1.807, 2.05) is 27.7 Å². The van der Waals surface area contributed by atoms with Crippen LogP contribution in [-0.4, -0.2) is 99.8 Å². The highest BCUT2D eigenvalue weighted by atomic mass is 19.4. The molecule has 66 heavy (non-hydrogen) atoms. The van der Waals surface area contributed by atoms with Gasteiger partial charge in [-0.1, -0.05) is 34.6 Å². The number of alkyl halides is 9. The predicted molar refractivity (Wildman–Crippen MR) is 220 cm³/mol. The van der Waals surface area contributed by atoms with Crippen molar-refractivity contribution in [3.8, 4) is 0 Å². The molecule has 0 aromatic rings. The molecule has 10 unspecified atom stereocenters. The molecule has 3 aliphatic rings. The van der Waals surface area contributed by atoms with Crippen LogP contribution in [0.3, 0.4) is 0 Å². The Morgan fingerprint density at radius 2 is 1.14 bits per heavy atom. The Kier molecular flexibility index (Phi) is 19.4. The Balaban J connectivity index is 0.000000509. The number of ether oxygens (including phenoxy) is 5. The van der Waals surface area contributed by atoms with Gasteiger partial charge in [-0.15, -0.1) is 0 Å². The normalized spacial score (nSPS) is 24.9. The van der Waals surface area contributed by atoms with Crippen LogP contribution in [-0.2, 0) is 47.7 Å². The summed E-state index contributed by atoms with van der Waals surface area (Å²) in [5.74, 6) is -6.31. The number of hydrogen-bond donors (Lipinski definition) is 2. The lowest BCUT2D eigenvalue weighted by molar-refractivity contribution is -0.307. The average Bonchev–Trinajstić information content (AvgIpc) is 3.77.